The summed E-state index contributed by atoms with van der Waals surface area (Å²) in [6, 6.07) is 17.5. The molecule has 0 bridgehead atoms. The number of benzodiazepines with no additional fused rings is 1. The number of nitrogens with zero attached hydrogens (tertiary/aromatic N) is 2. The van der Waals surface area contributed by atoms with Crippen LogP contribution in [0.1, 0.15) is 63.5 Å². The Labute approximate surface area is 231 Å². The Morgan fingerprint density at radius 3 is 2.38 bits per heavy atom. The highest BCUT2D eigenvalue weighted by atomic mass is 16.2. The first-order valence-electron chi connectivity index (χ1n) is 14.0. The predicted molar refractivity (Wildman–Crippen MR) is 155 cm³/mol. The van der Waals surface area contributed by atoms with Crippen molar-refractivity contribution in [2.45, 2.75) is 58.5 Å². The molecule has 1 heterocycles. The summed E-state index contributed by atoms with van der Waals surface area (Å²) in [6.45, 7) is 8.32. The SMILES string of the molecule is C=CC[C@H](C(N)=O)[C@@H](CC(C)C)C(=O)NC1N=C(c2ccccc2)c2ccccc2N(CC2CCCC2)C1=O. The van der Waals surface area contributed by atoms with Crippen LogP contribution < -0.4 is 16.0 Å². The van der Waals surface area contributed by atoms with Gasteiger partial charge in [-0.25, -0.2) is 4.99 Å². The summed E-state index contributed by atoms with van der Waals surface area (Å²) in [4.78, 5) is 47.0. The van der Waals surface area contributed by atoms with Gasteiger partial charge in [-0.1, -0.05) is 81.3 Å². The molecule has 1 unspecified atom stereocenters. The molecular weight excluding hydrogens is 488 g/mol. The molecule has 2 aromatic rings. The van der Waals surface area contributed by atoms with Gasteiger partial charge in [-0.2, -0.15) is 0 Å². The number of anilines is 1. The molecule has 4 rings (SSSR count). The molecule has 2 aromatic carbocycles. The van der Waals surface area contributed by atoms with Crippen molar-refractivity contribution in [3.8, 4) is 0 Å². The van der Waals surface area contributed by atoms with Gasteiger partial charge in [0.2, 0.25) is 18.0 Å². The first kappa shape index (κ1) is 28.3. The van der Waals surface area contributed by atoms with E-state index in [1.807, 2.05) is 73.3 Å². The quantitative estimate of drug-likeness (QED) is 0.408. The van der Waals surface area contributed by atoms with E-state index < -0.39 is 29.8 Å². The largest absolute Gasteiger partial charge is 0.369 e. The van der Waals surface area contributed by atoms with Crippen molar-refractivity contribution in [3.63, 3.8) is 0 Å². The zero-order valence-electron chi connectivity index (χ0n) is 23.0. The van der Waals surface area contributed by atoms with Gasteiger partial charge in [0, 0.05) is 17.7 Å². The lowest BCUT2D eigenvalue weighted by atomic mass is 9.82. The summed E-state index contributed by atoms with van der Waals surface area (Å²) in [7, 11) is 0. The van der Waals surface area contributed by atoms with Crippen molar-refractivity contribution in [1.82, 2.24) is 5.32 Å². The van der Waals surface area contributed by atoms with E-state index in [4.69, 9.17) is 10.7 Å². The average molecular weight is 529 g/mol. The number of allylic oxidation sites excluding steroid dienone is 1. The average Bonchev–Trinajstić information content (AvgIpc) is 3.41. The number of aliphatic imine (C=N–C) groups is 1. The van der Waals surface area contributed by atoms with E-state index in [2.05, 4.69) is 11.9 Å². The second-order valence-corrected chi connectivity index (χ2v) is 11.1. The van der Waals surface area contributed by atoms with Crippen LogP contribution in [-0.4, -0.2) is 36.1 Å². The maximum atomic E-state index is 14.2. The number of hydrogen-bond donors (Lipinski definition) is 2. The molecular formula is C32H40N4O3. The molecule has 206 valence electrons. The van der Waals surface area contributed by atoms with E-state index in [0.29, 0.717) is 24.6 Å². The van der Waals surface area contributed by atoms with Gasteiger partial charge >= 0.3 is 0 Å². The molecule has 0 aromatic heterocycles. The van der Waals surface area contributed by atoms with Gasteiger partial charge in [-0.05, 0) is 43.6 Å². The van der Waals surface area contributed by atoms with Gasteiger partial charge in [-0.3, -0.25) is 14.4 Å². The molecule has 3 atom stereocenters. The molecule has 39 heavy (non-hydrogen) atoms. The monoisotopic (exact) mass is 528 g/mol. The Bertz CT molecular complexity index is 1220. The number of rotatable bonds is 11. The minimum atomic E-state index is -1.13. The van der Waals surface area contributed by atoms with Crippen molar-refractivity contribution in [3.05, 3.63) is 78.4 Å². The van der Waals surface area contributed by atoms with Crippen LogP contribution in [0, 0.1) is 23.7 Å². The fourth-order valence-corrected chi connectivity index (χ4v) is 5.85. The number of carbonyl (C=O) groups is 3. The van der Waals surface area contributed by atoms with Crippen LogP contribution in [0.4, 0.5) is 5.69 Å². The van der Waals surface area contributed by atoms with Crippen molar-refractivity contribution in [2.24, 2.45) is 34.4 Å². The summed E-state index contributed by atoms with van der Waals surface area (Å²) in [5, 5.41) is 2.94. The Balaban J connectivity index is 1.76. The standard InChI is InChI=1S/C32H40N4O3/c1-4-12-24(29(33)37)26(19-21(2)3)31(38)35-30-32(39)36(20-22-13-8-9-14-22)27-18-11-10-17-25(27)28(34-30)23-15-6-5-7-16-23/h4-7,10-11,15-18,21-22,24,26,30H,1,8-9,12-14,19-20H2,2-3H3,(H2,33,37)(H,35,38)/t24-,26+,30?/m0/s1. The summed E-state index contributed by atoms with van der Waals surface area (Å²) in [5.74, 6) is -2.08. The van der Waals surface area contributed by atoms with Crippen molar-refractivity contribution >= 4 is 29.1 Å². The maximum Gasteiger partial charge on any atom is 0.272 e. The molecule has 7 nitrogen and oxygen atoms in total. The van der Waals surface area contributed by atoms with Crippen LogP contribution in [0.15, 0.2) is 72.2 Å². The second-order valence-electron chi connectivity index (χ2n) is 11.1. The third-order valence-electron chi connectivity index (χ3n) is 7.78. The highest BCUT2D eigenvalue weighted by Crippen LogP contribution is 2.33. The Kier molecular flexibility index (Phi) is 9.33. The van der Waals surface area contributed by atoms with Gasteiger partial charge in [-0.15, -0.1) is 6.58 Å². The Hall–Kier alpha value is -3.74. The van der Waals surface area contributed by atoms with E-state index in [-0.39, 0.29) is 18.2 Å². The van der Waals surface area contributed by atoms with Crippen LogP contribution in [0.5, 0.6) is 0 Å². The molecule has 3 amide bonds. The minimum absolute atomic E-state index is 0.142. The smallest absolute Gasteiger partial charge is 0.272 e. The number of para-hydroxylation sites is 1. The molecule has 3 N–H and O–H groups in total. The molecule has 0 radical (unpaired) electrons. The Morgan fingerprint density at radius 2 is 1.74 bits per heavy atom. The number of nitrogens with one attached hydrogen (secondary N) is 1. The summed E-state index contributed by atoms with van der Waals surface area (Å²) < 4.78 is 0. The van der Waals surface area contributed by atoms with Crippen LogP contribution in [-0.2, 0) is 14.4 Å². The zero-order valence-corrected chi connectivity index (χ0v) is 23.0. The van der Waals surface area contributed by atoms with Crippen molar-refractivity contribution in [1.29, 1.82) is 0 Å². The lowest BCUT2D eigenvalue weighted by Crippen LogP contribution is -2.51. The molecule has 0 saturated heterocycles. The van der Waals surface area contributed by atoms with Crippen molar-refractivity contribution in [2.75, 3.05) is 11.4 Å². The number of amides is 3. The van der Waals surface area contributed by atoms with Crippen LogP contribution in [0.3, 0.4) is 0 Å². The first-order valence-corrected chi connectivity index (χ1v) is 14.0. The second kappa shape index (κ2) is 12.9. The number of hydrogen-bond acceptors (Lipinski definition) is 4. The van der Waals surface area contributed by atoms with Gasteiger partial charge < -0.3 is 16.0 Å². The van der Waals surface area contributed by atoms with Gasteiger partial charge in [0.15, 0.2) is 0 Å². The van der Waals surface area contributed by atoms with Crippen LogP contribution >= 0.6 is 0 Å². The predicted octanol–water partition coefficient (Wildman–Crippen LogP) is 4.84. The van der Waals surface area contributed by atoms with E-state index in [9.17, 15) is 14.4 Å². The summed E-state index contributed by atoms with van der Waals surface area (Å²) in [6.07, 6.45) is 5.70. The van der Waals surface area contributed by atoms with Gasteiger partial charge in [0.1, 0.15) is 0 Å². The van der Waals surface area contributed by atoms with Gasteiger partial charge in [0.25, 0.3) is 5.91 Å². The molecule has 2 aliphatic rings. The molecule has 7 heteroatoms. The topological polar surface area (TPSA) is 105 Å². The Morgan fingerprint density at radius 1 is 1.08 bits per heavy atom. The fourth-order valence-electron chi connectivity index (χ4n) is 5.85. The number of primary amides is 1. The van der Waals surface area contributed by atoms with E-state index in [1.54, 1.807) is 6.08 Å². The van der Waals surface area contributed by atoms with E-state index >= 15 is 0 Å². The van der Waals surface area contributed by atoms with Gasteiger partial charge in [0.05, 0.1) is 23.2 Å². The number of nitrogens with two attached hydrogens (primary N) is 1. The van der Waals surface area contributed by atoms with Crippen LogP contribution in [0.2, 0.25) is 0 Å². The molecule has 1 fully saturated rings. The van der Waals surface area contributed by atoms with E-state index in [0.717, 1.165) is 42.5 Å². The third kappa shape index (κ3) is 6.64. The normalized spacial score (nSPS) is 19.2. The van der Waals surface area contributed by atoms with Crippen molar-refractivity contribution < 1.29 is 14.4 Å². The lowest BCUT2D eigenvalue weighted by Gasteiger charge is -2.29. The number of fused-ring (bicyclic) bond motifs is 1. The highest BCUT2D eigenvalue weighted by molar-refractivity contribution is 6.20. The summed E-state index contributed by atoms with van der Waals surface area (Å²) >= 11 is 0. The third-order valence-corrected chi connectivity index (χ3v) is 7.78. The molecule has 1 aliphatic heterocycles. The molecule has 0 spiro atoms. The fraction of sp³-hybridized carbons (Fsp3) is 0.438. The number of benzene rings is 2. The molecule has 1 aliphatic carbocycles. The van der Waals surface area contributed by atoms with E-state index in [1.165, 1.54) is 0 Å². The minimum Gasteiger partial charge on any atom is -0.369 e. The first-order chi connectivity index (χ1) is 18.8. The lowest BCUT2D eigenvalue weighted by molar-refractivity contribution is -0.135. The molecule has 1 saturated carbocycles. The summed E-state index contributed by atoms with van der Waals surface area (Å²) in [5.41, 5.74) is 8.89. The van der Waals surface area contributed by atoms with Crippen LogP contribution in [0.25, 0.3) is 0 Å². The zero-order chi connectivity index (χ0) is 27.9. The maximum absolute atomic E-state index is 14.2. The highest BCUT2D eigenvalue weighted by Gasteiger charge is 2.38. The number of carbonyl (C=O) groups excluding carboxylic acids is 3.